The van der Waals surface area contributed by atoms with Gasteiger partial charge in [-0.25, -0.2) is 9.59 Å². The van der Waals surface area contributed by atoms with Crippen molar-refractivity contribution in [3.63, 3.8) is 0 Å². The van der Waals surface area contributed by atoms with Gasteiger partial charge in [-0.15, -0.1) is 0 Å². The Morgan fingerprint density at radius 3 is 1.75 bits per heavy atom. The van der Waals surface area contributed by atoms with Crippen molar-refractivity contribution in [1.29, 1.82) is 0 Å². The Bertz CT molecular complexity index is 170. The van der Waals surface area contributed by atoms with Crippen LogP contribution in [0.25, 0.3) is 0 Å². The molecule has 0 aliphatic carbocycles. The third-order valence-electron chi connectivity index (χ3n) is 1.56. The molecule has 0 amide bonds. The van der Waals surface area contributed by atoms with Crippen LogP contribution >= 0.6 is 0 Å². The van der Waals surface area contributed by atoms with Gasteiger partial charge in [0, 0.05) is 0 Å². The molecule has 0 saturated carbocycles. The van der Waals surface area contributed by atoms with Gasteiger partial charge in [-0.3, -0.25) is 0 Å². The van der Waals surface area contributed by atoms with Crippen molar-refractivity contribution in [3.05, 3.63) is 0 Å². The molecule has 0 heterocycles. The summed E-state index contributed by atoms with van der Waals surface area (Å²) in [6.45, 7) is 1.48. The van der Waals surface area contributed by atoms with Crippen LogP contribution in [0, 0.1) is 0 Å². The van der Waals surface area contributed by atoms with Gasteiger partial charge in [-0.2, -0.15) is 0 Å². The first-order valence-electron chi connectivity index (χ1n) is 3.42. The van der Waals surface area contributed by atoms with Crippen LogP contribution < -0.4 is 0 Å². The molecule has 12 heavy (non-hydrogen) atoms. The molecule has 0 rings (SSSR count). The Hall–Kier alpha value is -1.10. The molecule has 0 aromatic carbocycles. The monoisotopic (exact) mass is 176 g/mol. The lowest BCUT2D eigenvalue weighted by atomic mass is 10.0. The minimum absolute atomic E-state index is 0.0770. The van der Waals surface area contributed by atoms with E-state index >= 15 is 0 Å². The van der Waals surface area contributed by atoms with E-state index in [0.717, 1.165) is 14.2 Å². The van der Waals surface area contributed by atoms with Crippen LogP contribution in [0.5, 0.6) is 0 Å². The maximum Gasteiger partial charge on any atom is 0.349 e. The summed E-state index contributed by atoms with van der Waals surface area (Å²) in [5, 5.41) is 9.41. The topological polar surface area (TPSA) is 72.8 Å². The lowest BCUT2D eigenvalue weighted by molar-refractivity contribution is -0.180. The lowest BCUT2D eigenvalue weighted by Gasteiger charge is -2.19. The number of esters is 2. The molecule has 0 aliphatic heterocycles. The number of ether oxygens (including phenoxy) is 2. The highest BCUT2D eigenvalue weighted by Crippen LogP contribution is 2.13. The van der Waals surface area contributed by atoms with Gasteiger partial charge in [-0.1, -0.05) is 6.92 Å². The van der Waals surface area contributed by atoms with Crippen LogP contribution in [0.1, 0.15) is 13.3 Å². The van der Waals surface area contributed by atoms with E-state index in [1.54, 1.807) is 0 Å². The van der Waals surface area contributed by atoms with Crippen molar-refractivity contribution in [1.82, 2.24) is 0 Å². The molecule has 0 radical (unpaired) electrons. The number of carbonyl (C=O) groups excluding carboxylic acids is 2. The van der Waals surface area contributed by atoms with Crippen LogP contribution in [-0.2, 0) is 19.1 Å². The highest BCUT2D eigenvalue weighted by Gasteiger charge is 2.44. The Balaban J connectivity index is 4.66. The van der Waals surface area contributed by atoms with E-state index in [1.165, 1.54) is 6.92 Å². The molecule has 5 heteroatoms. The van der Waals surface area contributed by atoms with Crippen LogP contribution in [0.2, 0.25) is 0 Å². The van der Waals surface area contributed by atoms with E-state index in [4.69, 9.17) is 0 Å². The fraction of sp³-hybridized carbons (Fsp3) is 0.714. The average Bonchev–Trinajstić information content (AvgIpc) is 2.13. The zero-order valence-electron chi connectivity index (χ0n) is 7.29. The molecule has 70 valence electrons. The standard InChI is InChI=1S/C7H12O5/c1-4-7(10,5(8)11-2)6(9)12-3/h10H,4H2,1-3H3. The highest BCUT2D eigenvalue weighted by atomic mass is 16.6. The minimum atomic E-state index is -2.16. The number of methoxy groups -OCH3 is 2. The Labute approximate surface area is 70.3 Å². The molecule has 0 fully saturated rings. The molecule has 0 aromatic heterocycles. The third-order valence-corrected chi connectivity index (χ3v) is 1.56. The third kappa shape index (κ3) is 1.73. The number of carbonyl (C=O) groups is 2. The molecule has 0 aromatic rings. The van der Waals surface area contributed by atoms with Gasteiger partial charge in [0.15, 0.2) is 0 Å². The maximum absolute atomic E-state index is 10.9. The van der Waals surface area contributed by atoms with Crippen LogP contribution in [0.15, 0.2) is 0 Å². The molecule has 0 aliphatic rings. The normalized spacial score (nSPS) is 10.7. The number of hydrogen-bond donors (Lipinski definition) is 1. The van der Waals surface area contributed by atoms with E-state index in [0.29, 0.717) is 0 Å². The van der Waals surface area contributed by atoms with E-state index < -0.39 is 17.5 Å². The van der Waals surface area contributed by atoms with Crippen molar-refractivity contribution < 1.29 is 24.2 Å². The van der Waals surface area contributed by atoms with Gasteiger partial charge < -0.3 is 14.6 Å². The quantitative estimate of drug-likeness (QED) is 0.462. The van der Waals surface area contributed by atoms with Crippen LogP contribution in [0.3, 0.4) is 0 Å². The molecule has 1 N–H and O–H groups in total. The van der Waals surface area contributed by atoms with E-state index in [1.807, 2.05) is 0 Å². The summed E-state index contributed by atoms with van der Waals surface area (Å²) in [6, 6.07) is 0. The summed E-state index contributed by atoms with van der Waals surface area (Å²) in [5.41, 5.74) is -2.16. The molecular weight excluding hydrogens is 164 g/mol. The predicted molar refractivity (Wildman–Crippen MR) is 39.3 cm³/mol. The first-order valence-corrected chi connectivity index (χ1v) is 3.42. The van der Waals surface area contributed by atoms with Crippen molar-refractivity contribution in [3.8, 4) is 0 Å². The molecule has 0 spiro atoms. The molecular formula is C7H12O5. The average molecular weight is 176 g/mol. The fourth-order valence-corrected chi connectivity index (χ4v) is 0.710. The summed E-state index contributed by atoms with van der Waals surface area (Å²) in [4.78, 5) is 21.8. The van der Waals surface area contributed by atoms with Gasteiger partial charge in [0.2, 0.25) is 0 Å². The van der Waals surface area contributed by atoms with Crippen molar-refractivity contribution >= 4 is 11.9 Å². The van der Waals surface area contributed by atoms with E-state index in [-0.39, 0.29) is 6.42 Å². The van der Waals surface area contributed by atoms with Crippen LogP contribution in [0.4, 0.5) is 0 Å². The summed E-state index contributed by atoms with van der Waals surface area (Å²) in [5.74, 6) is -2.01. The first-order chi connectivity index (χ1) is 5.52. The molecule has 0 atom stereocenters. The number of aliphatic hydroxyl groups is 1. The Morgan fingerprint density at radius 2 is 1.58 bits per heavy atom. The van der Waals surface area contributed by atoms with E-state index in [2.05, 4.69) is 9.47 Å². The second kappa shape index (κ2) is 4.06. The summed E-state index contributed by atoms with van der Waals surface area (Å²) in [7, 11) is 2.18. The number of rotatable bonds is 3. The van der Waals surface area contributed by atoms with Gasteiger partial charge in [0.05, 0.1) is 14.2 Å². The Kier molecular flexibility index (Phi) is 3.69. The maximum atomic E-state index is 10.9. The summed E-state index contributed by atoms with van der Waals surface area (Å²) in [6.07, 6.45) is -0.0770. The van der Waals surface area contributed by atoms with E-state index in [9.17, 15) is 14.7 Å². The smallest absolute Gasteiger partial charge is 0.349 e. The van der Waals surface area contributed by atoms with Crippen molar-refractivity contribution in [2.24, 2.45) is 0 Å². The molecule has 5 nitrogen and oxygen atoms in total. The summed E-state index contributed by atoms with van der Waals surface area (Å²) < 4.78 is 8.48. The van der Waals surface area contributed by atoms with Gasteiger partial charge in [0.1, 0.15) is 0 Å². The minimum Gasteiger partial charge on any atom is -0.466 e. The Morgan fingerprint density at radius 1 is 1.25 bits per heavy atom. The van der Waals surface area contributed by atoms with Crippen molar-refractivity contribution in [2.75, 3.05) is 14.2 Å². The highest BCUT2D eigenvalue weighted by molar-refractivity contribution is 6.03. The SMILES string of the molecule is CCC(O)(C(=O)OC)C(=O)OC. The molecule has 0 bridgehead atoms. The molecule has 0 saturated heterocycles. The predicted octanol–water partition coefficient (Wildman–Crippen LogP) is -0.527. The summed E-state index contributed by atoms with van der Waals surface area (Å²) >= 11 is 0. The zero-order valence-corrected chi connectivity index (χ0v) is 7.29. The van der Waals surface area contributed by atoms with Gasteiger partial charge in [-0.05, 0) is 6.42 Å². The largest absolute Gasteiger partial charge is 0.466 e. The zero-order chi connectivity index (χ0) is 9.78. The fourth-order valence-electron chi connectivity index (χ4n) is 0.710. The van der Waals surface area contributed by atoms with Crippen LogP contribution in [-0.4, -0.2) is 36.9 Å². The van der Waals surface area contributed by atoms with Crippen molar-refractivity contribution in [2.45, 2.75) is 18.9 Å². The number of hydrogen-bond acceptors (Lipinski definition) is 5. The second-order valence-corrected chi connectivity index (χ2v) is 2.20. The second-order valence-electron chi connectivity index (χ2n) is 2.20. The lowest BCUT2D eigenvalue weighted by Crippen LogP contribution is -2.47. The van der Waals surface area contributed by atoms with Gasteiger partial charge in [0.25, 0.3) is 5.60 Å². The first kappa shape index (κ1) is 10.9. The van der Waals surface area contributed by atoms with Gasteiger partial charge >= 0.3 is 11.9 Å². The molecule has 0 unspecified atom stereocenters.